The Balaban J connectivity index is 2.27. The van der Waals surface area contributed by atoms with Crippen LogP contribution in [0.25, 0.3) is 22.5 Å². The second kappa shape index (κ2) is 8.62. The van der Waals surface area contributed by atoms with Gasteiger partial charge in [0, 0.05) is 23.3 Å². The Bertz CT molecular complexity index is 1010. The van der Waals surface area contributed by atoms with Crippen LogP contribution in [-0.2, 0) is 4.74 Å². The van der Waals surface area contributed by atoms with Crippen LogP contribution in [0.15, 0.2) is 59.8 Å². The Hall–Kier alpha value is -3.26. The fourth-order valence-electron chi connectivity index (χ4n) is 2.68. The second-order valence-corrected chi connectivity index (χ2v) is 6.45. The highest BCUT2D eigenvalue weighted by Crippen LogP contribution is 2.33. The number of non-ortho nitro benzene ring substituents is 1. The zero-order valence-corrected chi connectivity index (χ0v) is 16.1. The summed E-state index contributed by atoms with van der Waals surface area (Å²) in [6, 6.07) is 15.2. The Morgan fingerprint density at radius 3 is 2.11 bits per heavy atom. The van der Waals surface area contributed by atoms with Gasteiger partial charge in [-0.1, -0.05) is 42.1 Å². The Kier molecular flexibility index (Phi) is 6.00. The van der Waals surface area contributed by atoms with Gasteiger partial charge in [0.2, 0.25) is 0 Å². The third-order valence-electron chi connectivity index (χ3n) is 3.95. The number of ether oxygens (including phenoxy) is 1. The van der Waals surface area contributed by atoms with Crippen molar-refractivity contribution < 1.29 is 14.5 Å². The van der Waals surface area contributed by atoms with E-state index in [0.717, 1.165) is 5.56 Å². The van der Waals surface area contributed by atoms with Crippen molar-refractivity contribution in [1.82, 2.24) is 9.97 Å². The topological polar surface area (TPSA) is 95.2 Å². The lowest BCUT2D eigenvalue weighted by Gasteiger charge is -2.14. The first-order valence-corrected chi connectivity index (χ1v) is 9.71. The van der Waals surface area contributed by atoms with Gasteiger partial charge in [0.05, 0.1) is 22.9 Å². The first-order valence-electron chi connectivity index (χ1n) is 8.48. The molecule has 0 N–H and O–H groups in total. The predicted molar refractivity (Wildman–Crippen MR) is 107 cm³/mol. The molecule has 0 spiro atoms. The molecule has 8 heteroatoms. The van der Waals surface area contributed by atoms with E-state index in [9.17, 15) is 14.9 Å². The zero-order valence-electron chi connectivity index (χ0n) is 15.3. The van der Waals surface area contributed by atoms with Crippen LogP contribution in [0.3, 0.4) is 0 Å². The van der Waals surface area contributed by atoms with Crippen molar-refractivity contribution in [3.8, 4) is 22.5 Å². The number of hydrogen-bond donors (Lipinski definition) is 0. The number of aromatic nitrogens is 2. The van der Waals surface area contributed by atoms with E-state index in [1.54, 1.807) is 19.1 Å². The van der Waals surface area contributed by atoms with Gasteiger partial charge in [0.15, 0.2) is 5.16 Å². The van der Waals surface area contributed by atoms with E-state index in [1.807, 2.05) is 36.6 Å². The lowest BCUT2D eigenvalue weighted by molar-refractivity contribution is -0.384. The number of nitro groups is 1. The third kappa shape index (κ3) is 4.01. The molecule has 0 atom stereocenters. The highest BCUT2D eigenvalue weighted by atomic mass is 32.2. The fourth-order valence-corrected chi connectivity index (χ4v) is 3.05. The molecule has 28 heavy (non-hydrogen) atoms. The van der Waals surface area contributed by atoms with Crippen LogP contribution in [0, 0.1) is 10.1 Å². The number of rotatable bonds is 6. The van der Waals surface area contributed by atoms with Crippen LogP contribution < -0.4 is 0 Å². The van der Waals surface area contributed by atoms with Gasteiger partial charge in [0.1, 0.15) is 5.56 Å². The van der Waals surface area contributed by atoms with Gasteiger partial charge in [-0.15, -0.1) is 0 Å². The van der Waals surface area contributed by atoms with E-state index in [0.29, 0.717) is 22.1 Å². The van der Waals surface area contributed by atoms with Crippen molar-refractivity contribution in [2.45, 2.75) is 12.1 Å². The molecule has 0 saturated heterocycles. The van der Waals surface area contributed by atoms with Crippen LogP contribution >= 0.6 is 11.8 Å². The van der Waals surface area contributed by atoms with E-state index >= 15 is 0 Å². The molecular weight excluding hydrogens is 378 g/mol. The zero-order chi connectivity index (χ0) is 20.1. The smallest absolute Gasteiger partial charge is 0.342 e. The maximum absolute atomic E-state index is 12.8. The largest absolute Gasteiger partial charge is 0.462 e. The van der Waals surface area contributed by atoms with Gasteiger partial charge in [-0.3, -0.25) is 10.1 Å². The molecule has 0 aliphatic carbocycles. The number of carbonyl (C=O) groups is 1. The summed E-state index contributed by atoms with van der Waals surface area (Å²) in [5.41, 5.74) is 2.37. The fraction of sp³-hybridized carbons (Fsp3) is 0.150. The molecule has 0 unspecified atom stereocenters. The number of hydrogen-bond acceptors (Lipinski definition) is 7. The molecule has 0 radical (unpaired) electrons. The van der Waals surface area contributed by atoms with E-state index in [2.05, 4.69) is 9.97 Å². The van der Waals surface area contributed by atoms with Crippen LogP contribution in [-0.4, -0.2) is 33.7 Å². The molecule has 0 amide bonds. The molecule has 1 heterocycles. The maximum Gasteiger partial charge on any atom is 0.342 e. The summed E-state index contributed by atoms with van der Waals surface area (Å²) in [5.74, 6) is -0.539. The van der Waals surface area contributed by atoms with Gasteiger partial charge in [0.25, 0.3) is 5.69 Å². The van der Waals surface area contributed by atoms with Gasteiger partial charge in [-0.25, -0.2) is 14.8 Å². The highest BCUT2D eigenvalue weighted by Gasteiger charge is 2.24. The average molecular weight is 395 g/mol. The van der Waals surface area contributed by atoms with Gasteiger partial charge >= 0.3 is 5.97 Å². The normalized spacial score (nSPS) is 10.5. The van der Waals surface area contributed by atoms with Crippen molar-refractivity contribution >= 4 is 23.4 Å². The van der Waals surface area contributed by atoms with E-state index in [4.69, 9.17) is 4.74 Å². The quantitative estimate of drug-likeness (QED) is 0.198. The number of carbonyl (C=O) groups excluding carboxylic acids is 1. The number of benzene rings is 2. The summed E-state index contributed by atoms with van der Waals surface area (Å²) in [7, 11) is 0. The van der Waals surface area contributed by atoms with Crippen LogP contribution in [0.2, 0.25) is 0 Å². The van der Waals surface area contributed by atoms with E-state index in [-0.39, 0.29) is 17.9 Å². The summed E-state index contributed by atoms with van der Waals surface area (Å²) in [6.07, 6.45) is 1.84. The molecule has 0 fully saturated rings. The van der Waals surface area contributed by atoms with E-state index in [1.165, 1.54) is 23.9 Å². The minimum Gasteiger partial charge on any atom is -0.462 e. The van der Waals surface area contributed by atoms with Crippen molar-refractivity contribution in [1.29, 1.82) is 0 Å². The summed E-state index contributed by atoms with van der Waals surface area (Å²) in [5, 5.41) is 11.4. The van der Waals surface area contributed by atoms with Crippen molar-refractivity contribution in [3.63, 3.8) is 0 Å². The molecule has 0 aliphatic heterocycles. The molecule has 3 aromatic rings. The molecule has 0 bridgehead atoms. The van der Waals surface area contributed by atoms with E-state index < -0.39 is 10.9 Å². The number of esters is 1. The third-order valence-corrected chi connectivity index (χ3v) is 4.50. The monoisotopic (exact) mass is 395 g/mol. The predicted octanol–water partition coefficient (Wildman–Crippen LogP) is 4.62. The standard InChI is InChI=1S/C20H17N3O4S/c1-3-27-19(24)16-17(13-7-5-4-6-8-13)21-20(28-2)22-18(16)14-9-11-15(12-10-14)23(25)26/h4-12H,3H2,1-2H3. The minimum atomic E-state index is -0.539. The summed E-state index contributed by atoms with van der Waals surface area (Å²) >= 11 is 1.35. The Morgan fingerprint density at radius 2 is 1.61 bits per heavy atom. The first-order chi connectivity index (χ1) is 13.5. The summed E-state index contributed by atoms with van der Waals surface area (Å²) < 4.78 is 5.25. The minimum absolute atomic E-state index is 0.0381. The molecule has 142 valence electrons. The van der Waals surface area contributed by atoms with Crippen molar-refractivity contribution in [2.75, 3.05) is 12.9 Å². The highest BCUT2D eigenvalue weighted by molar-refractivity contribution is 7.98. The first kappa shape index (κ1) is 19.5. The maximum atomic E-state index is 12.8. The summed E-state index contributed by atoms with van der Waals surface area (Å²) in [6.45, 7) is 1.93. The molecule has 2 aromatic carbocycles. The number of nitrogens with zero attached hydrogens (tertiary/aromatic N) is 3. The van der Waals surface area contributed by atoms with Gasteiger partial charge in [-0.05, 0) is 25.3 Å². The van der Waals surface area contributed by atoms with Crippen molar-refractivity contribution in [2.24, 2.45) is 0 Å². The van der Waals surface area contributed by atoms with Gasteiger partial charge in [-0.2, -0.15) is 0 Å². The second-order valence-electron chi connectivity index (χ2n) is 5.67. The van der Waals surface area contributed by atoms with Crippen molar-refractivity contribution in [3.05, 3.63) is 70.3 Å². The molecular formula is C20H17N3O4S. The number of thioether (sulfide) groups is 1. The lowest BCUT2D eigenvalue weighted by Crippen LogP contribution is -2.12. The summed E-state index contributed by atoms with van der Waals surface area (Å²) in [4.78, 5) is 32.3. The van der Waals surface area contributed by atoms with Crippen LogP contribution in [0.4, 0.5) is 5.69 Å². The van der Waals surface area contributed by atoms with Crippen LogP contribution in [0.1, 0.15) is 17.3 Å². The SMILES string of the molecule is CCOC(=O)c1c(-c2ccccc2)nc(SC)nc1-c1ccc([N+](=O)[O-])cc1. The molecule has 0 saturated carbocycles. The number of nitro benzene ring substituents is 1. The molecule has 1 aromatic heterocycles. The molecule has 7 nitrogen and oxygen atoms in total. The Morgan fingerprint density at radius 1 is 1.04 bits per heavy atom. The lowest BCUT2D eigenvalue weighted by atomic mass is 10.00. The molecule has 0 aliphatic rings. The molecule has 3 rings (SSSR count). The average Bonchev–Trinajstić information content (AvgIpc) is 2.73. The van der Waals surface area contributed by atoms with Gasteiger partial charge < -0.3 is 4.74 Å². The Labute approximate surface area is 165 Å². The van der Waals surface area contributed by atoms with Crippen LogP contribution in [0.5, 0.6) is 0 Å².